The molecule has 0 aliphatic carbocycles. The summed E-state index contributed by atoms with van der Waals surface area (Å²) in [5, 5.41) is 11.4. The van der Waals surface area contributed by atoms with Gasteiger partial charge < -0.3 is 5.32 Å². The third kappa shape index (κ3) is 4.83. The largest absolute Gasteiger partial charge is 0.346 e. The molecule has 0 aliphatic rings. The van der Waals surface area contributed by atoms with Crippen LogP contribution >= 0.6 is 23.1 Å². The number of hydrogen-bond acceptors (Lipinski definition) is 5. The summed E-state index contributed by atoms with van der Waals surface area (Å²) in [6.45, 7) is 0.407. The first-order valence-electron chi connectivity index (χ1n) is 7.34. The van der Waals surface area contributed by atoms with Crippen molar-refractivity contribution in [2.24, 2.45) is 0 Å². The Balaban J connectivity index is 1.55. The molecule has 0 atom stereocenters. The first-order valence-corrected chi connectivity index (χ1v) is 9.14. The van der Waals surface area contributed by atoms with Crippen molar-refractivity contribution in [3.05, 3.63) is 75.7 Å². The molecular formula is C17H13F2N3OS2. The summed E-state index contributed by atoms with van der Waals surface area (Å²) in [6, 6.07) is 13.0. The molecule has 4 nitrogen and oxygen atoms in total. The maximum absolute atomic E-state index is 13.6. The van der Waals surface area contributed by atoms with Crippen LogP contribution in [0.1, 0.15) is 20.4 Å². The van der Waals surface area contributed by atoms with Gasteiger partial charge in [0.25, 0.3) is 5.91 Å². The molecule has 0 unspecified atom stereocenters. The van der Waals surface area contributed by atoms with Gasteiger partial charge in [-0.05, 0) is 17.7 Å². The molecule has 2 aromatic carbocycles. The first-order chi connectivity index (χ1) is 12.1. The predicted octanol–water partition coefficient (Wildman–Crippen LogP) is 4.04. The molecule has 0 spiro atoms. The molecular weight excluding hydrogens is 364 g/mol. The van der Waals surface area contributed by atoms with E-state index >= 15 is 0 Å². The van der Waals surface area contributed by atoms with Crippen LogP contribution in [0.2, 0.25) is 0 Å². The van der Waals surface area contributed by atoms with Crippen molar-refractivity contribution in [1.29, 1.82) is 0 Å². The Labute approximate surface area is 151 Å². The Morgan fingerprint density at radius 1 is 1.12 bits per heavy atom. The van der Waals surface area contributed by atoms with Crippen molar-refractivity contribution in [1.82, 2.24) is 15.5 Å². The maximum atomic E-state index is 13.6. The number of carbonyl (C=O) groups is 1. The summed E-state index contributed by atoms with van der Waals surface area (Å²) in [7, 11) is 0. The second-order valence-electron chi connectivity index (χ2n) is 5.03. The Kier molecular flexibility index (Phi) is 5.72. The SMILES string of the molecule is O=C(NCc1ccccc1)c1nnc(CSc2ccc(F)cc2F)s1. The van der Waals surface area contributed by atoms with E-state index in [1.165, 1.54) is 23.9 Å². The van der Waals surface area contributed by atoms with E-state index in [1.54, 1.807) is 0 Å². The summed E-state index contributed by atoms with van der Waals surface area (Å²) in [4.78, 5) is 12.4. The molecule has 0 radical (unpaired) electrons. The van der Waals surface area contributed by atoms with Gasteiger partial charge in [0.15, 0.2) is 0 Å². The molecule has 1 aromatic heterocycles. The van der Waals surface area contributed by atoms with Gasteiger partial charge in [-0.1, -0.05) is 41.7 Å². The van der Waals surface area contributed by atoms with Crippen molar-refractivity contribution in [3.63, 3.8) is 0 Å². The fraction of sp³-hybridized carbons (Fsp3) is 0.118. The number of nitrogens with one attached hydrogen (secondary N) is 1. The van der Waals surface area contributed by atoms with Gasteiger partial charge in [-0.2, -0.15) is 0 Å². The fourth-order valence-electron chi connectivity index (χ4n) is 1.99. The molecule has 0 aliphatic heterocycles. The smallest absolute Gasteiger partial charge is 0.282 e. The van der Waals surface area contributed by atoms with Crippen LogP contribution in [0, 0.1) is 11.6 Å². The highest BCUT2D eigenvalue weighted by molar-refractivity contribution is 7.98. The lowest BCUT2D eigenvalue weighted by atomic mass is 10.2. The monoisotopic (exact) mass is 377 g/mol. The quantitative estimate of drug-likeness (QED) is 0.659. The third-order valence-electron chi connectivity index (χ3n) is 3.20. The van der Waals surface area contributed by atoms with E-state index in [0.29, 0.717) is 22.2 Å². The van der Waals surface area contributed by atoms with Gasteiger partial charge in [-0.3, -0.25) is 4.79 Å². The Bertz CT molecular complexity index is 871. The number of aromatic nitrogens is 2. The first kappa shape index (κ1) is 17.5. The second kappa shape index (κ2) is 8.17. The van der Waals surface area contributed by atoms with Crippen LogP contribution in [-0.2, 0) is 12.3 Å². The second-order valence-corrected chi connectivity index (χ2v) is 7.11. The standard InChI is InChI=1S/C17H13F2N3OS2/c18-12-6-7-14(13(19)8-12)24-10-15-21-22-17(25-15)16(23)20-9-11-4-2-1-3-5-11/h1-8H,9-10H2,(H,20,23). The van der Waals surface area contributed by atoms with Crippen LogP contribution in [0.4, 0.5) is 8.78 Å². The minimum absolute atomic E-state index is 0.256. The molecule has 3 aromatic rings. The Morgan fingerprint density at radius 3 is 2.68 bits per heavy atom. The van der Waals surface area contributed by atoms with E-state index < -0.39 is 11.6 Å². The zero-order valence-corrected chi connectivity index (χ0v) is 14.5. The van der Waals surface area contributed by atoms with E-state index in [2.05, 4.69) is 15.5 Å². The van der Waals surface area contributed by atoms with Gasteiger partial charge in [0.1, 0.15) is 16.6 Å². The number of thioether (sulfide) groups is 1. The fourth-order valence-corrected chi connectivity index (χ4v) is 3.65. The summed E-state index contributed by atoms with van der Waals surface area (Å²) in [5.41, 5.74) is 0.989. The van der Waals surface area contributed by atoms with Crippen LogP contribution in [0.3, 0.4) is 0 Å². The highest BCUT2D eigenvalue weighted by Crippen LogP contribution is 2.27. The average Bonchev–Trinajstić information content (AvgIpc) is 3.09. The molecule has 8 heteroatoms. The number of nitrogens with zero attached hydrogens (tertiary/aromatic N) is 2. The Morgan fingerprint density at radius 2 is 1.92 bits per heavy atom. The number of amides is 1. The van der Waals surface area contributed by atoms with Crippen molar-refractivity contribution >= 4 is 29.0 Å². The topological polar surface area (TPSA) is 54.9 Å². The number of hydrogen-bond donors (Lipinski definition) is 1. The van der Waals surface area contributed by atoms with Gasteiger partial charge >= 0.3 is 0 Å². The van der Waals surface area contributed by atoms with E-state index in [1.807, 2.05) is 30.3 Å². The summed E-state index contributed by atoms with van der Waals surface area (Å²) < 4.78 is 26.5. The molecule has 128 valence electrons. The molecule has 3 rings (SSSR count). The van der Waals surface area contributed by atoms with Crippen molar-refractivity contribution in [2.75, 3.05) is 0 Å². The molecule has 0 fully saturated rings. The van der Waals surface area contributed by atoms with E-state index in [-0.39, 0.29) is 10.9 Å². The van der Waals surface area contributed by atoms with Gasteiger partial charge in [0, 0.05) is 17.5 Å². The van der Waals surface area contributed by atoms with Crippen molar-refractivity contribution in [2.45, 2.75) is 17.2 Å². The zero-order valence-electron chi connectivity index (χ0n) is 12.9. The highest BCUT2D eigenvalue weighted by Gasteiger charge is 2.13. The van der Waals surface area contributed by atoms with E-state index in [9.17, 15) is 13.6 Å². The zero-order chi connectivity index (χ0) is 17.6. The lowest BCUT2D eigenvalue weighted by Gasteiger charge is -2.02. The molecule has 0 saturated heterocycles. The normalized spacial score (nSPS) is 10.6. The predicted molar refractivity (Wildman–Crippen MR) is 93.4 cm³/mol. The van der Waals surface area contributed by atoms with E-state index in [0.717, 1.165) is 23.0 Å². The molecule has 0 saturated carbocycles. The summed E-state index contributed by atoms with van der Waals surface area (Å²) in [6.07, 6.45) is 0. The van der Waals surface area contributed by atoms with Crippen LogP contribution in [0.15, 0.2) is 53.4 Å². The van der Waals surface area contributed by atoms with Gasteiger partial charge in [0.05, 0.1) is 5.75 Å². The molecule has 1 N–H and O–H groups in total. The van der Waals surface area contributed by atoms with Crippen LogP contribution < -0.4 is 5.32 Å². The lowest BCUT2D eigenvalue weighted by Crippen LogP contribution is -2.22. The molecule has 25 heavy (non-hydrogen) atoms. The summed E-state index contributed by atoms with van der Waals surface area (Å²) in [5.74, 6) is -1.18. The summed E-state index contributed by atoms with van der Waals surface area (Å²) >= 11 is 2.33. The molecule has 1 amide bonds. The average molecular weight is 377 g/mol. The third-order valence-corrected chi connectivity index (χ3v) is 5.37. The lowest BCUT2D eigenvalue weighted by molar-refractivity contribution is 0.0950. The maximum Gasteiger partial charge on any atom is 0.282 e. The minimum atomic E-state index is -0.616. The van der Waals surface area contributed by atoms with Crippen molar-refractivity contribution < 1.29 is 13.6 Å². The highest BCUT2D eigenvalue weighted by atomic mass is 32.2. The van der Waals surface area contributed by atoms with Gasteiger partial charge in [0.2, 0.25) is 5.01 Å². The van der Waals surface area contributed by atoms with Gasteiger partial charge in [-0.25, -0.2) is 8.78 Å². The number of benzene rings is 2. The Hall–Kier alpha value is -2.32. The van der Waals surface area contributed by atoms with Crippen molar-refractivity contribution in [3.8, 4) is 0 Å². The molecule has 0 bridgehead atoms. The number of rotatable bonds is 6. The van der Waals surface area contributed by atoms with Crippen LogP contribution in [0.5, 0.6) is 0 Å². The van der Waals surface area contributed by atoms with E-state index in [4.69, 9.17) is 0 Å². The van der Waals surface area contributed by atoms with Crippen LogP contribution in [-0.4, -0.2) is 16.1 Å². The number of carbonyl (C=O) groups excluding carboxylic acids is 1. The van der Waals surface area contributed by atoms with Gasteiger partial charge in [-0.15, -0.1) is 22.0 Å². The number of halogens is 2. The molecule has 1 heterocycles. The van der Waals surface area contributed by atoms with Crippen LogP contribution in [0.25, 0.3) is 0 Å². The minimum Gasteiger partial charge on any atom is -0.346 e.